The second-order valence-corrected chi connectivity index (χ2v) is 4.39. The molecule has 0 saturated carbocycles. The SMILES string of the molecule is COC(=O)c1ccc(C(O)C(O)CCN=[N+]=[N-])cc1Cl. The number of benzene rings is 1. The number of aliphatic hydroxyl groups is 2. The second kappa shape index (κ2) is 7.72. The minimum atomic E-state index is -1.19. The molecule has 8 heteroatoms. The zero-order chi connectivity index (χ0) is 15.1. The molecule has 7 nitrogen and oxygen atoms in total. The van der Waals surface area contributed by atoms with E-state index in [0.29, 0.717) is 5.56 Å². The van der Waals surface area contributed by atoms with E-state index in [1.165, 1.54) is 25.3 Å². The number of methoxy groups -OCH3 is 1. The first-order chi connectivity index (χ1) is 9.51. The van der Waals surface area contributed by atoms with Crippen molar-refractivity contribution in [3.05, 3.63) is 44.8 Å². The molecule has 0 aliphatic rings. The predicted octanol–water partition coefficient (Wildman–Crippen LogP) is 2.22. The first-order valence-electron chi connectivity index (χ1n) is 5.76. The zero-order valence-corrected chi connectivity index (χ0v) is 11.5. The molecule has 0 heterocycles. The molecule has 0 fully saturated rings. The number of azide groups is 1. The van der Waals surface area contributed by atoms with Crippen LogP contribution in [-0.2, 0) is 4.74 Å². The lowest BCUT2D eigenvalue weighted by Crippen LogP contribution is -2.19. The molecule has 0 radical (unpaired) electrons. The van der Waals surface area contributed by atoms with E-state index in [2.05, 4.69) is 14.8 Å². The molecule has 0 amide bonds. The van der Waals surface area contributed by atoms with Crippen molar-refractivity contribution in [2.24, 2.45) is 5.11 Å². The number of aliphatic hydroxyl groups excluding tert-OH is 2. The van der Waals surface area contributed by atoms with E-state index in [1.54, 1.807) is 0 Å². The Hall–Kier alpha value is -1.79. The van der Waals surface area contributed by atoms with Gasteiger partial charge in [0.1, 0.15) is 6.10 Å². The molecule has 1 aromatic carbocycles. The molecule has 0 aliphatic carbocycles. The van der Waals surface area contributed by atoms with Crippen molar-refractivity contribution in [3.63, 3.8) is 0 Å². The number of carbonyl (C=O) groups excluding carboxylic acids is 1. The van der Waals surface area contributed by atoms with Gasteiger partial charge in [-0.25, -0.2) is 4.79 Å². The van der Waals surface area contributed by atoms with Gasteiger partial charge in [-0.05, 0) is 29.6 Å². The maximum atomic E-state index is 11.4. The van der Waals surface area contributed by atoms with Gasteiger partial charge >= 0.3 is 5.97 Å². The number of hydrogen-bond donors (Lipinski definition) is 2. The van der Waals surface area contributed by atoms with Crippen molar-refractivity contribution in [1.82, 2.24) is 0 Å². The van der Waals surface area contributed by atoms with Crippen LogP contribution >= 0.6 is 11.6 Å². The highest BCUT2D eigenvalue weighted by Crippen LogP contribution is 2.25. The fourth-order valence-electron chi connectivity index (χ4n) is 1.61. The van der Waals surface area contributed by atoms with Gasteiger partial charge in [-0.2, -0.15) is 0 Å². The van der Waals surface area contributed by atoms with Crippen LogP contribution in [-0.4, -0.2) is 35.9 Å². The van der Waals surface area contributed by atoms with E-state index in [9.17, 15) is 15.0 Å². The van der Waals surface area contributed by atoms with Crippen LogP contribution in [0, 0.1) is 0 Å². The van der Waals surface area contributed by atoms with Gasteiger partial charge in [0.15, 0.2) is 0 Å². The van der Waals surface area contributed by atoms with Crippen LogP contribution in [0.1, 0.15) is 28.4 Å². The molecule has 0 spiro atoms. The molecule has 2 N–H and O–H groups in total. The fourth-order valence-corrected chi connectivity index (χ4v) is 1.87. The molecule has 2 atom stereocenters. The molecular weight excluding hydrogens is 286 g/mol. The Balaban J connectivity index is 2.83. The first-order valence-corrected chi connectivity index (χ1v) is 6.13. The van der Waals surface area contributed by atoms with Crippen LogP contribution in [0.25, 0.3) is 10.4 Å². The standard InChI is InChI=1S/C12H14ClN3O4/c1-20-12(19)8-3-2-7(6-9(8)13)11(18)10(17)4-5-15-16-14/h2-3,6,10-11,17-18H,4-5H2,1H3. The van der Waals surface area contributed by atoms with Crippen LogP contribution in [0.4, 0.5) is 0 Å². The summed E-state index contributed by atoms with van der Waals surface area (Å²) in [6.45, 7) is 0.0721. The van der Waals surface area contributed by atoms with Gasteiger partial charge in [0.25, 0.3) is 0 Å². The van der Waals surface area contributed by atoms with Gasteiger partial charge in [0.05, 0.1) is 23.8 Å². The lowest BCUT2D eigenvalue weighted by Gasteiger charge is -2.18. The highest BCUT2D eigenvalue weighted by Gasteiger charge is 2.20. The summed E-state index contributed by atoms with van der Waals surface area (Å²) in [5, 5.41) is 23.1. The molecule has 0 aliphatic heterocycles. The zero-order valence-electron chi connectivity index (χ0n) is 10.7. The number of halogens is 1. The number of carbonyl (C=O) groups is 1. The topological polar surface area (TPSA) is 116 Å². The maximum absolute atomic E-state index is 11.4. The Morgan fingerprint density at radius 3 is 2.80 bits per heavy atom. The molecule has 0 saturated heterocycles. The number of ether oxygens (including phenoxy) is 1. The third-order valence-corrected chi connectivity index (χ3v) is 3.01. The molecule has 0 bridgehead atoms. The Bertz CT molecular complexity index is 531. The van der Waals surface area contributed by atoms with Gasteiger partial charge in [0.2, 0.25) is 0 Å². The highest BCUT2D eigenvalue weighted by molar-refractivity contribution is 6.33. The van der Waals surface area contributed by atoms with Gasteiger partial charge in [-0.3, -0.25) is 0 Å². The molecule has 1 rings (SSSR count). The Morgan fingerprint density at radius 2 is 2.25 bits per heavy atom. The molecule has 1 aromatic rings. The summed E-state index contributed by atoms with van der Waals surface area (Å²) in [5.74, 6) is -0.583. The van der Waals surface area contributed by atoms with E-state index in [1.807, 2.05) is 0 Å². The molecule has 2 unspecified atom stereocenters. The molecular formula is C12H14ClN3O4. The van der Waals surface area contributed by atoms with E-state index < -0.39 is 18.2 Å². The quantitative estimate of drug-likeness (QED) is 0.362. The maximum Gasteiger partial charge on any atom is 0.339 e. The Kier molecular flexibility index (Phi) is 6.27. The highest BCUT2D eigenvalue weighted by atomic mass is 35.5. The lowest BCUT2D eigenvalue weighted by molar-refractivity contribution is 0.0150. The van der Waals surface area contributed by atoms with Crippen LogP contribution < -0.4 is 0 Å². The van der Waals surface area contributed by atoms with Gasteiger partial charge < -0.3 is 14.9 Å². The van der Waals surface area contributed by atoms with E-state index in [4.69, 9.17) is 17.1 Å². The summed E-state index contributed by atoms with van der Waals surface area (Å²) in [6.07, 6.45) is -2.17. The summed E-state index contributed by atoms with van der Waals surface area (Å²) >= 11 is 5.92. The van der Waals surface area contributed by atoms with Crippen molar-refractivity contribution < 1.29 is 19.7 Å². The fraction of sp³-hybridized carbons (Fsp3) is 0.417. The van der Waals surface area contributed by atoms with E-state index in [-0.39, 0.29) is 23.6 Å². The average molecular weight is 300 g/mol. The second-order valence-electron chi connectivity index (χ2n) is 3.99. The van der Waals surface area contributed by atoms with Gasteiger partial charge in [-0.1, -0.05) is 22.8 Å². The van der Waals surface area contributed by atoms with Crippen LogP contribution in [0.5, 0.6) is 0 Å². The minimum absolute atomic E-state index is 0.0721. The molecule has 20 heavy (non-hydrogen) atoms. The summed E-state index contributed by atoms with van der Waals surface area (Å²) in [5.41, 5.74) is 8.66. The first kappa shape index (κ1) is 16.3. The largest absolute Gasteiger partial charge is 0.465 e. The molecule has 108 valence electrons. The van der Waals surface area contributed by atoms with Crippen LogP contribution in [0.15, 0.2) is 23.3 Å². The van der Waals surface area contributed by atoms with Crippen LogP contribution in [0.3, 0.4) is 0 Å². The number of nitrogens with zero attached hydrogens (tertiary/aromatic N) is 3. The van der Waals surface area contributed by atoms with E-state index >= 15 is 0 Å². The predicted molar refractivity (Wildman–Crippen MR) is 72.4 cm³/mol. The van der Waals surface area contributed by atoms with E-state index in [0.717, 1.165) is 0 Å². The van der Waals surface area contributed by atoms with Gasteiger partial charge in [-0.15, -0.1) is 0 Å². The number of esters is 1. The summed E-state index contributed by atoms with van der Waals surface area (Å²) < 4.78 is 4.55. The third kappa shape index (κ3) is 4.11. The normalized spacial score (nSPS) is 13.2. The summed E-state index contributed by atoms with van der Waals surface area (Å²) in [6, 6.07) is 4.27. The van der Waals surface area contributed by atoms with Crippen molar-refractivity contribution in [1.29, 1.82) is 0 Å². The van der Waals surface area contributed by atoms with Crippen molar-refractivity contribution in [2.75, 3.05) is 13.7 Å². The Labute approximate surface area is 120 Å². The lowest BCUT2D eigenvalue weighted by atomic mass is 10.0. The van der Waals surface area contributed by atoms with Crippen molar-refractivity contribution >= 4 is 17.6 Å². The van der Waals surface area contributed by atoms with Gasteiger partial charge in [0, 0.05) is 11.5 Å². The summed E-state index contributed by atoms with van der Waals surface area (Å²) in [7, 11) is 1.24. The average Bonchev–Trinajstić information content (AvgIpc) is 2.45. The Morgan fingerprint density at radius 1 is 1.55 bits per heavy atom. The number of hydrogen-bond acceptors (Lipinski definition) is 5. The monoisotopic (exact) mass is 299 g/mol. The van der Waals surface area contributed by atoms with Crippen molar-refractivity contribution in [3.8, 4) is 0 Å². The smallest absolute Gasteiger partial charge is 0.339 e. The van der Waals surface area contributed by atoms with Crippen LogP contribution in [0.2, 0.25) is 5.02 Å². The molecule has 0 aromatic heterocycles. The van der Waals surface area contributed by atoms with Crippen molar-refractivity contribution in [2.45, 2.75) is 18.6 Å². The third-order valence-electron chi connectivity index (χ3n) is 2.69. The summed E-state index contributed by atoms with van der Waals surface area (Å²) in [4.78, 5) is 13.9. The number of rotatable bonds is 6. The minimum Gasteiger partial charge on any atom is -0.465 e.